The van der Waals surface area contributed by atoms with Crippen molar-refractivity contribution in [1.29, 1.82) is 0 Å². The zero-order chi connectivity index (χ0) is 25.4. The molecule has 2 aliphatic heterocycles. The van der Waals surface area contributed by atoms with Gasteiger partial charge in [-0.3, -0.25) is 9.59 Å². The van der Waals surface area contributed by atoms with Crippen LogP contribution in [0.3, 0.4) is 0 Å². The number of halogens is 3. The molecule has 0 saturated carbocycles. The molecule has 2 amide bonds. The zero-order valence-corrected chi connectivity index (χ0v) is 22.5. The molecule has 35 heavy (non-hydrogen) atoms. The summed E-state index contributed by atoms with van der Waals surface area (Å²) >= 11 is 20.0. The Hall–Kier alpha value is -1.73. The minimum atomic E-state index is -1.79. The van der Waals surface area contributed by atoms with Gasteiger partial charge < -0.3 is 15.0 Å². The van der Waals surface area contributed by atoms with Crippen LogP contribution in [0.5, 0.6) is 0 Å². The minimum Gasteiger partial charge on any atom is -0.460 e. The van der Waals surface area contributed by atoms with Crippen molar-refractivity contribution < 1.29 is 19.1 Å². The van der Waals surface area contributed by atoms with Gasteiger partial charge in [-0.2, -0.15) is 0 Å². The molecule has 188 valence electrons. The molecule has 3 heterocycles. The SMILES string of the molecule is Cn1nnnc1SCC1(C)S[C@H]2C(NC(=O)Cc3ccccc3)C(=O)N2C1C(=O)OCC(Cl)(Cl)Cl. The number of ether oxygens (including phenoxy) is 1. The lowest BCUT2D eigenvalue weighted by Crippen LogP contribution is -2.71. The molecule has 0 aliphatic carbocycles. The average Bonchev–Trinajstić information content (AvgIpc) is 3.33. The minimum absolute atomic E-state index is 0.142. The maximum absolute atomic E-state index is 13.1. The largest absolute Gasteiger partial charge is 0.460 e. The van der Waals surface area contributed by atoms with E-state index in [1.165, 1.54) is 33.1 Å². The summed E-state index contributed by atoms with van der Waals surface area (Å²) < 4.78 is 4.19. The van der Waals surface area contributed by atoms with Gasteiger partial charge in [-0.1, -0.05) is 76.9 Å². The Labute approximate surface area is 224 Å². The molecule has 15 heteroatoms. The van der Waals surface area contributed by atoms with Gasteiger partial charge in [0.05, 0.1) is 11.2 Å². The van der Waals surface area contributed by atoms with Crippen molar-refractivity contribution in [2.45, 2.75) is 44.5 Å². The number of hydrogen-bond donors (Lipinski definition) is 1. The van der Waals surface area contributed by atoms with E-state index < -0.39 is 38.6 Å². The number of β-lactam (4-membered cyclic amide) rings is 1. The second-order valence-electron chi connectivity index (χ2n) is 8.27. The van der Waals surface area contributed by atoms with Crippen LogP contribution in [0, 0.1) is 0 Å². The van der Waals surface area contributed by atoms with Crippen LogP contribution in [0.2, 0.25) is 0 Å². The highest BCUT2D eigenvalue weighted by molar-refractivity contribution is 8.04. The first-order valence-corrected chi connectivity index (χ1v) is 13.4. The summed E-state index contributed by atoms with van der Waals surface area (Å²) in [5.74, 6) is -0.954. The van der Waals surface area contributed by atoms with Gasteiger partial charge in [-0.15, -0.1) is 16.9 Å². The third-order valence-corrected chi connectivity index (χ3v) is 9.03. The lowest BCUT2D eigenvalue weighted by molar-refractivity contribution is -0.164. The second-order valence-corrected chi connectivity index (χ2v) is 13.4. The van der Waals surface area contributed by atoms with E-state index >= 15 is 0 Å². The number of hydrogen-bond acceptors (Lipinski definition) is 9. The summed E-state index contributed by atoms with van der Waals surface area (Å²) in [6.45, 7) is 1.39. The highest BCUT2D eigenvalue weighted by Crippen LogP contribution is 2.53. The number of carbonyl (C=O) groups is 3. The number of nitrogens with zero attached hydrogens (tertiary/aromatic N) is 5. The van der Waals surface area contributed by atoms with E-state index in [2.05, 4.69) is 20.8 Å². The first kappa shape index (κ1) is 26.3. The topological polar surface area (TPSA) is 119 Å². The third-order valence-electron chi connectivity index (χ3n) is 5.52. The number of alkyl halides is 3. The van der Waals surface area contributed by atoms with E-state index in [4.69, 9.17) is 39.5 Å². The molecule has 2 aliphatic rings. The number of carbonyl (C=O) groups excluding carboxylic acids is 3. The fourth-order valence-electron chi connectivity index (χ4n) is 3.92. The molecule has 1 N–H and O–H groups in total. The van der Waals surface area contributed by atoms with Gasteiger partial charge in [0, 0.05) is 12.8 Å². The quantitative estimate of drug-likeness (QED) is 0.217. The molecule has 0 radical (unpaired) electrons. The number of aromatic nitrogens is 4. The van der Waals surface area contributed by atoms with E-state index in [1.54, 1.807) is 7.05 Å². The summed E-state index contributed by atoms with van der Waals surface area (Å²) in [6, 6.07) is 7.51. The molecule has 2 aromatic rings. The molecular formula is C20H21Cl3N6O4S2. The molecule has 1 aromatic heterocycles. The van der Waals surface area contributed by atoms with Crippen molar-refractivity contribution in [2.24, 2.45) is 7.05 Å². The Morgan fingerprint density at radius 2 is 2.00 bits per heavy atom. The van der Waals surface area contributed by atoms with Gasteiger partial charge in [0.25, 0.3) is 0 Å². The van der Waals surface area contributed by atoms with Crippen LogP contribution in [0.15, 0.2) is 35.5 Å². The van der Waals surface area contributed by atoms with Crippen molar-refractivity contribution >= 4 is 76.1 Å². The first-order valence-electron chi connectivity index (χ1n) is 10.4. The number of benzene rings is 1. The van der Waals surface area contributed by atoms with Crippen LogP contribution < -0.4 is 5.32 Å². The summed E-state index contributed by atoms with van der Waals surface area (Å²) in [7, 11) is 1.70. The molecule has 2 saturated heterocycles. The molecule has 3 unspecified atom stereocenters. The fourth-order valence-corrected chi connectivity index (χ4v) is 6.97. The van der Waals surface area contributed by atoms with Gasteiger partial charge >= 0.3 is 5.97 Å². The lowest BCUT2D eigenvalue weighted by atomic mass is 9.95. The van der Waals surface area contributed by atoms with Crippen molar-refractivity contribution in [3.05, 3.63) is 35.9 Å². The summed E-state index contributed by atoms with van der Waals surface area (Å²) in [4.78, 5) is 40.2. The second kappa shape index (κ2) is 10.3. The van der Waals surface area contributed by atoms with Crippen LogP contribution in [0.25, 0.3) is 0 Å². The molecular weight excluding hydrogens is 559 g/mol. The predicted octanol–water partition coefficient (Wildman–Crippen LogP) is 1.99. The third kappa shape index (κ3) is 5.82. The smallest absolute Gasteiger partial charge is 0.330 e. The van der Waals surface area contributed by atoms with Gasteiger partial charge in [-0.05, 0) is 22.9 Å². The number of tetrazole rings is 1. The van der Waals surface area contributed by atoms with Gasteiger partial charge in [0.15, 0.2) is 0 Å². The maximum Gasteiger partial charge on any atom is 0.330 e. The van der Waals surface area contributed by atoms with Crippen LogP contribution >= 0.6 is 58.3 Å². The molecule has 0 spiro atoms. The van der Waals surface area contributed by atoms with Crippen molar-refractivity contribution in [3.63, 3.8) is 0 Å². The Morgan fingerprint density at radius 1 is 1.29 bits per heavy atom. The predicted molar refractivity (Wildman–Crippen MR) is 133 cm³/mol. The average molecular weight is 580 g/mol. The molecule has 4 atom stereocenters. The monoisotopic (exact) mass is 578 g/mol. The van der Waals surface area contributed by atoms with Crippen molar-refractivity contribution in [1.82, 2.24) is 30.4 Å². The number of aryl methyl sites for hydroxylation is 1. The normalized spacial score (nSPS) is 25.7. The number of amides is 2. The number of nitrogens with one attached hydrogen (secondary N) is 1. The summed E-state index contributed by atoms with van der Waals surface area (Å²) in [5.41, 5.74) is 0.833. The molecule has 10 nitrogen and oxygen atoms in total. The highest BCUT2D eigenvalue weighted by Gasteiger charge is 2.66. The first-order chi connectivity index (χ1) is 16.5. The Bertz CT molecular complexity index is 1120. The zero-order valence-electron chi connectivity index (χ0n) is 18.6. The van der Waals surface area contributed by atoms with Gasteiger partial charge in [0.2, 0.25) is 20.8 Å². The van der Waals surface area contributed by atoms with Crippen LogP contribution in [0.1, 0.15) is 12.5 Å². The Balaban J connectivity index is 1.49. The Kier molecular flexibility index (Phi) is 7.77. The number of rotatable bonds is 8. The van der Waals surface area contributed by atoms with Crippen molar-refractivity contribution in [3.8, 4) is 0 Å². The van der Waals surface area contributed by atoms with E-state index in [0.29, 0.717) is 10.9 Å². The summed E-state index contributed by atoms with van der Waals surface area (Å²) in [6.07, 6.45) is 0.142. The van der Waals surface area contributed by atoms with Crippen LogP contribution in [-0.2, 0) is 32.6 Å². The lowest BCUT2D eigenvalue weighted by Gasteiger charge is -2.44. The van der Waals surface area contributed by atoms with E-state index in [9.17, 15) is 14.4 Å². The molecule has 0 bridgehead atoms. The molecule has 1 aromatic carbocycles. The Morgan fingerprint density at radius 3 is 2.63 bits per heavy atom. The number of fused-ring (bicyclic) bond motifs is 1. The number of thioether (sulfide) groups is 2. The van der Waals surface area contributed by atoms with E-state index in [1.807, 2.05) is 37.3 Å². The van der Waals surface area contributed by atoms with Gasteiger partial charge in [0.1, 0.15) is 24.1 Å². The molecule has 4 rings (SSSR count). The standard InChI is InChI=1S/C20H21Cl3N6O4S2/c1-19(10-34-18-25-26-27-28(18)2)14(17(32)33-9-20(21,22)23)29-15(31)13(16(29)35-19)24-12(30)8-11-6-4-3-5-7-11/h3-7,13-14,16H,8-10H2,1-2H3,(H,24,30)/t13?,14?,16-,19?/m0/s1. The van der Waals surface area contributed by atoms with Gasteiger partial charge in [-0.25, -0.2) is 9.48 Å². The highest BCUT2D eigenvalue weighted by atomic mass is 35.6. The van der Waals surface area contributed by atoms with Crippen LogP contribution in [0.4, 0.5) is 0 Å². The summed E-state index contributed by atoms with van der Waals surface area (Å²) in [5, 5.41) is 14.3. The van der Waals surface area contributed by atoms with Crippen LogP contribution in [-0.4, -0.2) is 81.2 Å². The van der Waals surface area contributed by atoms with Crippen molar-refractivity contribution in [2.75, 3.05) is 12.4 Å². The molecule has 2 fully saturated rings. The number of esters is 1. The fraction of sp³-hybridized carbons (Fsp3) is 0.500. The van der Waals surface area contributed by atoms with E-state index in [0.717, 1.165) is 5.56 Å². The maximum atomic E-state index is 13.1. The van der Waals surface area contributed by atoms with E-state index in [-0.39, 0.29) is 18.2 Å².